The molecule has 2 heterocycles. The number of benzene rings is 1. The Morgan fingerprint density at radius 3 is 2.91 bits per heavy atom. The largest absolute Gasteiger partial charge is 0.379 e. The van der Waals surface area contributed by atoms with Crippen molar-refractivity contribution in [3.63, 3.8) is 0 Å². The molecule has 0 bridgehead atoms. The van der Waals surface area contributed by atoms with Crippen LogP contribution < -0.4 is 5.32 Å². The SMILES string of the molecule is C[S@](=O)Cc1cccc(NCc2csc(-c3cccs3)n2)c1. The maximum atomic E-state index is 11.3. The third kappa shape index (κ3) is 4.03. The van der Waals surface area contributed by atoms with Gasteiger partial charge in [-0.2, -0.15) is 0 Å². The number of hydrogen-bond acceptors (Lipinski definition) is 5. The molecule has 1 aromatic carbocycles. The molecule has 0 radical (unpaired) electrons. The second-order valence-electron chi connectivity index (χ2n) is 4.89. The topological polar surface area (TPSA) is 42.0 Å². The fourth-order valence-corrected chi connectivity index (χ4v) is 4.38. The average Bonchev–Trinajstić information content (AvgIpc) is 3.16. The van der Waals surface area contributed by atoms with E-state index < -0.39 is 10.8 Å². The highest BCUT2D eigenvalue weighted by Crippen LogP contribution is 2.28. The van der Waals surface area contributed by atoms with Gasteiger partial charge < -0.3 is 5.32 Å². The van der Waals surface area contributed by atoms with E-state index in [-0.39, 0.29) is 0 Å². The lowest BCUT2D eigenvalue weighted by atomic mass is 10.2. The van der Waals surface area contributed by atoms with Crippen molar-refractivity contribution in [3.05, 3.63) is 58.4 Å². The molecule has 1 N–H and O–H groups in total. The molecule has 114 valence electrons. The van der Waals surface area contributed by atoms with Gasteiger partial charge in [0.05, 0.1) is 17.1 Å². The Morgan fingerprint density at radius 2 is 2.14 bits per heavy atom. The highest BCUT2D eigenvalue weighted by molar-refractivity contribution is 7.83. The lowest BCUT2D eigenvalue weighted by Crippen LogP contribution is -2.01. The summed E-state index contributed by atoms with van der Waals surface area (Å²) in [6.45, 7) is 0.695. The van der Waals surface area contributed by atoms with E-state index in [1.54, 1.807) is 28.9 Å². The van der Waals surface area contributed by atoms with Crippen LogP contribution in [0.1, 0.15) is 11.3 Å². The number of anilines is 1. The third-order valence-corrected chi connectivity index (χ3v) is 5.72. The van der Waals surface area contributed by atoms with E-state index in [0.29, 0.717) is 12.3 Å². The number of thiophene rings is 1. The monoisotopic (exact) mass is 348 g/mol. The van der Waals surface area contributed by atoms with E-state index in [4.69, 9.17) is 0 Å². The van der Waals surface area contributed by atoms with Crippen LogP contribution in [0.3, 0.4) is 0 Å². The van der Waals surface area contributed by atoms with Crippen LogP contribution >= 0.6 is 22.7 Å². The molecule has 22 heavy (non-hydrogen) atoms. The highest BCUT2D eigenvalue weighted by atomic mass is 32.2. The smallest absolute Gasteiger partial charge is 0.133 e. The molecule has 0 amide bonds. The first-order valence-electron chi connectivity index (χ1n) is 6.82. The van der Waals surface area contributed by atoms with Gasteiger partial charge in [0, 0.05) is 33.9 Å². The average molecular weight is 349 g/mol. The predicted octanol–water partition coefficient (Wildman–Crippen LogP) is 4.36. The molecule has 0 aliphatic heterocycles. The highest BCUT2D eigenvalue weighted by Gasteiger charge is 2.05. The fraction of sp³-hybridized carbons (Fsp3) is 0.188. The summed E-state index contributed by atoms with van der Waals surface area (Å²) < 4.78 is 11.3. The Labute approximate surface area is 140 Å². The van der Waals surface area contributed by atoms with Crippen LogP contribution in [0.5, 0.6) is 0 Å². The Hall–Kier alpha value is -1.50. The third-order valence-electron chi connectivity index (χ3n) is 3.05. The van der Waals surface area contributed by atoms with Gasteiger partial charge in [0.1, 0.15) is 5.01 Å². The molecule has 0 fully saturated rings. The molecule has 6 heteroatoms. The van der Waals surface area contributed by atoms with Crippen LogP contribution in [-0.2, 0) is 23.1 Å². The molecule has 0 aliphatic carbocycles. The van der Waals surface area contributed by atoms with Gasteiger partial charge >= 0.3 is 0 Å². The van der Waals surface area contributed by atoms with Crippen LogP contribution in [0.15, 0.2) is 47.2 Å². The molecular weight excluding hydrogens is 332 g/mol. The summed E-state index contributed by atoms with van der Waals surface area (Å²) in [7, 11) is -0.816. The summed E-state index contributed by atoms with van der Waals surface area (Å²) in [5, 5.41) is 8.61. The predicted molar refractivity (Wildman–Crippen MR) is 97.0 cm³/mol. The Morgan fingerprint density at radius 1 is 1.23 bits per heavy atom. The molecule has 0 unspecified atom stereocenters. The Kier molecular flexibility index (Phi) is 5.02. The number of hydrogen-bond donors (Lipinski definition) is 1. The molecule has 0 saturated heterocycles. The van der Waals surface area contributed by atoms with E-state index in [1.807, 2.05) is 30.3 Å². The van der Waals surface area contributed by atoms with E-state index in [1.165, 1.54) is 4.88 Å². The minimum Gasteiger partial charge on any atom is -0.379 e. The summed E-state index contributed by atoms with van der Waals surface area (Å²) in [6, 6.07) is 12.2. The number of aromatic nitrogens is 1. The quantitative estimate of drug-likeness (QED) is 0.719. The first-order chi connectivity index (χ1) is 10.7. The van der Waals surface area contributed by atoms with Crippen molar-refractivity contribution < 1.29 is 4.21 Å². The standard InChI is InChI=1S/C16H16N2OS3/c1-22(19)11-12-4-2-5-13(8-12)17-9-14-10-21-16(18-14)15-6-3-7-20-15/h2-8,10,17H,9,11H2,1H3/t22-/m0/s1. The van der Waals surface area contributed by atoms with E-state index >= 15 is 0 Å². The summed E-state index contributed by atoms with van der Waals surface area (Å²) in [6.07, 6.45) is 1.72. The molecule has 0 saturated carbocycles. The zero-order chi connectivity index (χ0) is 15.4. The van der Waals surface area contributed by atoms with E-state index in [0.717, 1.165) is 22.0 Å². The molecule has 1 atom stereocenters. The van der Waals surface area contributed by atoms with Crippen molar-refractivity contribution >= 4 is 39.2 Å². The van der Waals surface area contributed by atoms with Crippen LogP contribution in [0, 0.1) is 0 Å². The van der Waals surface area contributed by atoms with Gasteiger partial charge in [0.15, 0.2) is 0 Å². The van der Waals surface area contributed by atoms with Gasteiger partial charge in [0.25, 0.3) is 0 Å². The number of rotatable bonds is 6. The van der Waals surface area contributed by atoms with Gasteiger partial charge in [-0.15, -0.1) is 22.7 Å². The van der Waals surface area contributed by atoms with E-state index in [9.17, 15) is 4.21 Å². The van der Waals surface area contributed by atoms with Crippen LogP contribution in [0.25, 0.3) is 9.88 Å². The zero-order valence-electron chi connectivity index (χ0n) is 12.1. The van der Waals surface area contributed by atoms with Crippen molar-refractivity contribution in [2.24, 2.45) is 0 Å². The van der Waals surface area contributed by atoms with Crippen molar-refractivity contribution in [1.82, 2.24) is 4.98 Å². The number of nitrogens with zero attached hydrogens (tertiary/aromatic N) is 1. The maximum Gasteiger partial charge on any atom is 0.133 e. The molecule has 3 nitrogen and oxygen atoms in total. The molecule has 2 aromatic heterocycles. The first kappa shape index (κ1) is 15.4. The lowest BCUT2D eigenvalue weighted by molar-refractivity contribution is 0.686. The van der Waals surface area contributed by atoms with E-state index in [2.05, 4.69) is 27.1 Å². The minimum atomic E-state index is -0.816. The van der Waals surface area contributed by atoms with Crippen LogP contribution in [-0.4, -0.2) is 15.4 Å². The molecule has 3 aromatic rings. The normalized spacial score (nSPS) is 12.2. The second-order valence-corrected chi connectivity index (χ2v) is 8.13. The summed E-state index contributed by atoms with van der Waals surface area (Å²) >= 11 is 3.38. The minimum absolute atomic E-state index is 0.592. The van der Waals surface area contributed by atoms with Crippen molar-refractivity contribution in [2.75, 3.05) is 11.6 Å². The zero-order valence-corrected chi connectivity index (χ0v) is 14.6. The van der Waals surface area contributed by atoms with Crippen molar-refractivity contribution in [2.45, 2.75) is 12.3 Å². The summed E-state index contributed by atoms with van der Waals surface area (Å²) in [5.74, 6) is 0.592. The van der Waals surface area contributed by atoms with Crippen molar-refractivity contribution in [1.29, 1.82) is 0 Å². The van der Waals surface area contributed by atoms with Gasteiger partial charge in [-0.25, -0.2) is 4.98 Å². The Balaban J connectivity index is 1.64. The fourth-order valence-electron chi connectivity index (χ4n) is 2.10. The number of thiazole rings is 1. The molecular formula is C16H16N2OS3. The molecule has 0 aliphatic rings. The maximum absolute atomic E-state index is 11.3. The molecule has 0 spiro atoms. The lowest BCUT2D eigenvalue weighted by Gasteiger charge is -2.06. The first-order valence-corrected chi connectivity index (χ1v) is 10.3. The molecule has 3 rings (SSSR count). The van der Waals surface area contributed by atoms with Crippen LogP contribution in [0.2, 0.25) is 0 Å². The van der Waals surface area contributed by atoms with Gasteiger partial charge in [-0.3, -0.25) is 4.21 Å². The van der Waals surface area contributed by atoms with Gasteiger partial charge in [-0.05, 0) is 29.1 Å². The van der Waals surface area contributed by atoms with Gasteiger partial charge in [-0.1, -0.05) is 18.2 Å². The summed E-state index contributed by atoms with van der Waals surface area (Å²) in [5.41, 5.74) is 3.16. The summed E-state index contributed by atoms with van der Waals surface area (Å²) in [4.78, 5) is 5.87. The number of nitrogens with one attached hydrogen (secondary N) is 1. The van der Waals surface area contributed by atoms with Crippen molar-refractivity contribution in [3.8, 4) is 9.88 Å². The van der Waals surface area contributed by atoms with Gasteiger partial charge in [0.2, 0.25) is 0 Å². The Bertz CT molecular complexity index is 765. The van der Waals surface area contributed by atoms with Crippen LogP contribution in [0.4, 0.5) is 5.69 Å². The second kappa shape index (κ2) is 7.17.